The van der Waals surface area contributed by atoms with Gasteiger partial charge in [-0.15, -0.1) is 0 Å². The zero-order valence-electron chi connectivity index (χ0n) is 11.7. The van der Waals surface area contributed by atoms with Crippen molar-refractivity contribution in [3.63, 3.8) is 0 Å². The summed E-state index contributed by atoms with van der Waals surface area (Å²) in [4.78, 5) is 22.9. The molecule has 6 nitrogen and oxygen atoms in total. The molecule has 19 heavy (non-hydrogen) atoms. The molecule has 0 aliphatic carbocycles. The number of alkyl halides is 1. The molecule has 2 N–H and O–H groups in total. The monoisotopic (exact) mass is 382 g/mol. The highest BCUT2D eigenvalue weighted by Gasteiger charge is 2.46. The predicted octanol–water partition coefficient (Wildman–Crippen LogP) is 0.783. The Labute approximate surface area is 127 Å². The van der Waals surface area contributed by atoms with E-state index in [0.29, 0.717) is 10.8 Å². The summed E-state index contributed by atoms with van der Waals surface area (Å²) < 4.78 is 0.321. The van der Waals surface area contributed by atoms with E-state index in [1.165, 1.54) is 0 Å². The van der Waals surface area contributed by atoms with E-state index in [-0.39, 0.29) is 24.4 Å². The van der Waals surface area contributed by atoms with Crippen LogP contribution in [0.4, 0.5) is 0 Å². The first-order valence-electron chi connectivity index (χ1n) is 6.21. The molecule has 0 aromatic rings. The Morgan fingerprint density at radius 2 is 1.89 bits per heavy atom. The summed E-state index contributed by atoms with van der Waals surface area (Å²) in [6.07, 6.45) is 0.593. The summed E-state index contributed by atoms with van der Waals surface area (Å²) in [6, 6.07) is -0.219. The summed E-state index contributed by atoms with van der Waals surface area (Å²) in [5.41, 5.74) is -1.14. The topological polar surface area (TPSA) is 84.5 Å². The van der Waals surface area contributed by atoms with Crippen LogP contribution in [-0.2, 0) is 9.59 Å². The van der Waals surface area contributed by atoms with Gasteiger partial charge in [0.05, 0.1) is 11.0 Å². The van der Waals surface area contributed by atoms with E-state index in [2.05, 4.69) is 10.6 Å². The number of hydrogen-bond donors (Lipinski definition) is 2. The second-order valence-electron chi connectivity index (χ2n) is 6.00. The molecule has 0 bridgehead atoms. The predicted molar refractivity (Wildman–Crippen MR) is 81.8 cm³/mol. The fourth-order valence-corrected chi connectivity index (χ4v) is 2.72. The van der Waals surface area contributed by atoms with Crippen LogP contribution in [0.25, 0.3) is 0 Å². The van der Waals surface area contributed by atoms with Crippen LogP contribution in [0, 0.1) is 5.21 Å². The third-order valence-electron chi connectivity index (χ3n) is 3.53. The highest BCUT2D eigenvalue weighted by Crippen LogP contribution is 2.39. The number of nitrogens with zero attached hydrogens (tertiary/aromatic N) is 1. The van der Waals surface area contributed by atoms with Crippen LogP contribution in [0.2, 0.25) is 0 Å². The van der Waals surface area contributed by atoms with Crippen molar-refractivity contribution in [2.45, 2.75) is 51.2 Å². The molecule has 1 aliphatic heterocycles. The molecule has 1 atom stereocenters. The van der Waals surface area contributed by atoms with Gasteiger partial charge in [0, 0.05) is 17.1 Å². The molecule has 1 heterocycles. The van der Waals surface area contributed by atoms with Crippen molar-refractivity contribution in [1.29, 1.82) is 0 Å². The molecule has 110 valence electrons. The largest absolute Gasteiger partial charge is 0.784 e. The molecule has 0 aromatic heterocycles. The first-order chi connectivity index (χ1) is 8.61. The number of rotatable bonds is 4. The Hall–Kier alpha value is -0.410. The van der Waals surface area contributed by atoms with Crippen LogP contribution >= 0.6 is 22.6 Å². The van der Waals surface area contributed by atoms with Crippen LogP contribution in [0.15, 0.2) is 0 Å². The summed E-state index contributed by atoms with van der Waals surface area (Å²) in [7, 11) is 0. The Balaban J connectivity index is 2.58. The quantitative estimate of drug-likeness (QED) is 0.556. The first kappa shape index (κ1) is 16.6. The van der Waals surface area contributed by atoms with Gasteiger partial charge in [-0.05, 0) is 34.1 Å². The van der Waals surface area contributed by atoms with E-state index >= 15 is 0 Å². The van der Waals surface area contributed by atoms with Crippen molar-refractivity contribution in [3.05, 3.63) is 5.21 Å². The van der Waals surface area contributed by atoms with Crippen molar-refractivity contribution in [2.24, 2.45) is 0 Å². The van der Waals surface area contributed by atoms with Gasteiger partial charge in [-0.1, -0.05) is 22.6 Å². The lowest BCUT2D eigenvalue weighted by Crippen LogP contribution is -2.53. The standard InChI is InChI=1S/C12H21IN3O3/c1-11(2)5-8(12(3,4)16(11)19)15-10(18)7-14-9(17)6-13/h8H,5-7H2,1-4H3,(H,14,17)(H,15,18)/q-1. The lowest BCUT2D eigenvalue weighted by atomic mass is 9.94. The molecule has 1 unspecified atom stereocenters. The number of hydrogen-bond acceptors (Lipinski definition) is 4. The number of amides is 2. The van der Waals surface area contributed by atoms with Crippen molar-refractivity contribution >= 4 is 34.4 Å². The molecule has 0 saturated carbocycles. The summed E-state index contributed by atoms with van der Waals surface area (Å²) in [6.45, 7) is 7.33. The number of carbonyl (C=O) groups is 2. The maximum Gasteiger partial charge on any atom is 0.239 e. The van der Waals surface area contributed by atoms with Crippen molar-refractivity contribution in [1.82, 2.24) is 15.7 Å². The molecular formula is C12H21IN3O3-. The van der Waals surface area contributed by atoms with E-state index in [4.69, 9.17) is 0 Å². The molecule has 0 radical (unpaired) electrons. The SMILES string of the molecule is CC1(C)CC(NC(=O)CNC(=O)CI)C(C)(C)N1[O-]. The number of carbonyl (C=O) groups excluding carboxylic acids is 2. The van der Waals surface area contributed by atoms with Gasteiger partial charge in [0.25, 0.3) is 0 Å². The number of halogens is 1. The third-order valence-corrected chi connectivity index (χ3v) is 4.23. The van der Waals surface area contributed by atoms with Gasteiger partial charge in [0.1, 0.15) is 0 Å². The van der Waals surface area contributed by atoms with Crippen LogP contribution in [0.3, 0.4) is 0 Å². The van der Waals surface area contributed by atoms with Gasteiger partial charge in [0.15, 0.2) is 0 Å². The normalized spacial score (nSPS) is 25.1. The highest BCUT2D eigenvalue weighted by atomic mass is 127. The van der Waals surface area contributed by atoms with Crippen molar-refractivity contribution < 1.29 is 9.59 Å². The van der Waals surface area contributed by atoms with Crippen LogP contribution < -0.4 is 10.6 Å². The molecule has 1 fully saturated rings. The van der Waals surface area contributed by atoms with Crippen LogP contribution in [0.1, 0.15) is 34.1 Å². The zero-order valence-corrected chi connectivity index (χ0v) is 13.9. The van der Waals surface area contributed by atoms with Crippen LogP contribution in [0.5, 0.6) is 0 Å². The highest BCUT2D eigenvalue weighted by molar-refractivity contribution is 14.1. The minimum absolute atomic E-state index is 0.0479. The third kappa shape index (κ3) is 3.79. The second-order valence-corrected chi connectivity index (χ2v) is 6.76. The fraction of sp³-hybridized carbons (Fsp3) is 0.833. The molecule has 7 heteroatoms. The van der Waals surface area contributed by atoms with Gasteiger partial charge in [-0.2, -0.15) is 0 Å². The summed E-state index contributed by atoms with van der Waals surface area (Å²) >= 11 is 1.93. The minimum atomic E-state index is -0.646. The molecule has 1 rings (SSSR count). The molecule has 2 amide bonds. The molecule has 0 aromatic carbocycles. The second kappa shape index (κ2) is 5.92. The Bertz CT molecular complexity index is 371. The summed E-state index contributed by atoms with van der Waals surface area (Å²) in [5.74, 6) is -0.436. The van der Waals surface area contributed by atoms with E-state index in [0.717, 1.165) is 5.06 Å². The molecule has 1 saturated heterocycles. The maximum atomic E-state index is 12.1. The molecular weight excluding hydrogens is 361 g/mol. The maximum absolute atomic E-state index is 12.1. The van der Waals surface area contributed by atoms with E-state index < -0.39 is 11.1 Å². The smallest absolute Gasteiger partial charge is 0.239 e. The average molecular weight is 382 g/mol. The lowest BCUT2D eigenvalue weighted by molar-refractivity contribution is -0.125. The minimum Gasteiger partial charge on any atom is -0.784 e. The first-order valence-corrected chi connectivity index (χ1v) is 7.73. The van der Waals surface area contributed by atoms with Crippen molar-refractivity contribution in [3.8, 4) is 0 Å². The van der Waals surface area contributed by atoms with Crippen molar-refractivity contribution in [2.75, 3.05) is 11.0 Å². The van der Waals surface area contributed by atoms with E-state index in [1.54, 1.807) is 0 Å². The number of hydroxylamine groups is 2. The average Bonchev–Trinajstić information content (AvgIpc) is 2.47. The molecule has 0 spiro atoms. The van der Waals surface area contributed by atoms with Gasteiger partial charge in [-0.25, -0.2) is 0 Å². The zero-order chi connectivity index (χ0) is 14.8. The Morgan fingerprint density at radius 1 is 1.32 bits per heavy atom. The van der Waals surface area contributed by atoms with E-state index in [9.17, 15) is 14.8 Å². The lowest BCUT2D eigenvalue weighted by Gasteiger charge is -2.47. The Morgan fingerprint density at radius 3 is 2.32 bits per heavy atom. The Kier molecular flexibility index (Phi) is 5.19. The van der Waals surface area contributed by atoms with Crippen LogP contribution in [-0.4, -0.2) is 45.0 Å². The van der Waals surface area contributed by atoms with Gasteiger partial charge in [-0.3, -0.25) is 9.59 Å². The number of nitrogens with one attached hydrogen (secondary N) is 2. The summed E-state index contributed by atoms with van der Waals surface area (Å²) in [5, 5.41) is 18.5. The van der Waals surface area contributed by atoms with Gasteiger partial charge >= 0.3 is 0 Å². The fourth-order valence-electron chi connectivity index (χ4n) is 2.45. The molecule has 1 aliphatic rings. The van der Waals surface area contributed by atoms with E-state index in [1.807, 2.05) is 50.3 Å². The van der Waals surface area contributed by atoms with Gasteiger partial charge in [0.2, 0.25) is 11.8 Å². The van der Waals surface area contributed by atoms with Gasteiger partial charge < -0.3 is 20.9 Å².